The lowest BCUT2D eigenvalue weighted by Gasteiger charge is -2.22. The third kappa shape index (κ3) is 3.46. The Morgan fingerprint density at radius 2 is 1.68 bits per heavy atom. The summed E-state index contributed by atoms with van der Waals surface area (Å²) in [7, 11) is -0.810. The van der Waals surface area contributed by atoms with Crippen LogP contribution in [0, 0.1) is 0 Å². The molecule has 0 amide bonds. The van der Waals surface area contributed by atoms with Gasteiger partial charge in [0.25, 0.3) is 0 Å². The van der Waals surface area contributed by atoms with Crippen LogP contribution in [0.3, 0.4) is 0 Å². The summed E-state index contributed by atoms with van der Waals surface area (Å²) in [5.74, 6) is 0. The topological polar surface area (TPSA) is 31.4 Å². The van der Waals surface area contributed by atoms with Crippen LogP contribution < -0.4 is 5.46 Å². The Bertz CT molecular complexity index is 535. The number of alkyl halides is 3. The van der Waals surface area contributed by atoms with Crippen molar-refractivity contribution < 1.29 is 22.5 Å². The third-order valence-corrected chi connectivity index (χ3v) is 3.90. The Labute approximate surface area is 129 Å². The van der Waals surface area contributed by atoms with Gasteiger partial charge in [-0.3, -0.25) is 0 Å². The maximum Gasteiger partial charge on any atom is 0.494 e. The van der Waals surface area contributed by atoms with E-state index in [0.717, 1.165) is 6.07 Å². The minimum Gasteiger partial charge on any atom is -0.402 e. The average molecular weight is 315 g/mol. The Kier molecular flexibility index (Phi) is 4.11. The van der Waals surface area contributed by atoms with E-state index >= 15 is 0 Å². The molecule has 2 rings (SSSR count). The van der Waals surface area contributed by atoms with Crippen LogP contribution in [-0.4, -0.2) is 23.8 Å². The number of pyridine rings is 1. The molecule has 0 aliphatic carbocycles. The van der Waals surface area contributed by atoms with Crippen molar-refractivity contribution in [2.45, 2.75) is 64.8 Å². The van der Waals surface area contributed by atoms with Gasteiger partial charge in [-0.25, -0.2) is 4.98 Å². The second kappa shape index (κ2) is 5.23. The standard InChI is InChI=1S/C15H21BF3NO2/c1-9-14(5,6)22-16(21-9)10-7-11(13(2,3)4)20-12(8-10)15(17,18)19/h7-9H,1-6H3. The Morgan fingerprint density at radius 3 is 2.09 bits per heavy atom. The molecule has 1 fully saturated rings. The molecule has 3 nitrogen and oxygen atoms in total. The van der Waals surface area contributed by atoms with Crippen molar-refractivity contribution >= 4 is 12.6 Å². The number of nitrogens with zero attached hydrogens (tertiary/aromatic N) is 1. The highest BCUT2D eigenvalue weighted by atomic mass is 19.4. The highest BCUT2D eigenvalue weighted by Crippen LogP contribution is 2.31. The predicted octanol–water partition coefficient (Wildman–Crippen LogP) is 3.31. The zero-order chi connectivity index (χ0) is 16.9. The van der Waals surface area contributed by atoms with Crippen molar-refractivity contribution in [1.82, 2.24) is 4.98 Å². The molecular formula is C15H21BF3NO2. The number of aromatic nitrogens is 1. The van der Waals surface area contributed by atoms with Gasteiger partial charge in [0.2, 0.25) is 0 Å². The fourth-order valence-corrected chi connectivity index (χ4v) is 2.11. The smallest absolute Gasteiger partial charge is 0.402 e. The van der Waals surface area contributed by atoms with Crippen molar-refractivity contribution in [3.05, 3.63) is 23.5 Å². The summed E-state index contributed by atoms with van der Waals surface area (Å²) in [6.45, 7) is 11.0. The van der Waals surface area contributed by atoms with E-state index in [0.29, 0.717) is 11.2 Å². The summed E-state index contributed by atoms with van der Waals surface area (Å²) in [6, 6.07) is 2.64. The first kappa shape index (κ1) is 17.3. The largest absolute Gasteiger partial charge is 0.494 e. The zero-order valence-corrected chi connectivity index (χ0v) is 13.7. The Morgan fingerprint density at radius 1 is 1.14 bits per heavy atom. The van der Waals surface area contributed by atoms with Crippen molar-refractivity contribution in [3.63, 3.8) is 0 Å². The van der Waals surface area contributed by atoms with E-state index in [1.165, 1.54) is 0 Å². The van der Waals surface area contributed by atoms with Crippen LogP contribution in [0.5, 0.6) is 0 Å². The molecule has 1 unspecified atom stereocenters. The van der Waals surface area contributed by atoms with Crippen molar-refractivity contribution in [1.29, 1.82) is 0 Å². The molecule has 0 aromatic carbocycles. The van der Waals surface area contributed by atoms with Gasteiger partial charge in [0.15, 0.2) is 0 Å². The molecule has 0 spiro atoms. The van der Waals surface area contributed by atoms with Crippen LogP contribution in [-0.2, 0) is 20.9 Å². The van der Waals surface area contributed by atoms with E-state index in [1.54, 1.807) is 6.07 Å². The van der Waals surface area contributed by atoms with E-state index in [-0.39, 0.29) is 6.10 Å². The lowest BCUT2D eigenvalue weighted by molar-refractivity contribution is -0.141. The maximum absolute atomic E-state index is 13.1. The molecule has 122 valence electrons. The molecule has 0 bridgehead atoms. The SMILES string of the molecule is CC1OB(c2cc(C(C)(C)C)nc(C(F)(F)F)c2)OC1(C)C. The molecule has 1 aliphatic rings. The highest BCUT2D eigenvalue weighted by Gasteiger charge is 2.45. The van der Waals surface area contributed by atoms with E-state index in [1.807, 2.05) is 41.5 Å². The molecule has 2 heterocycles. The van der Waals surface area contributed by atoms with Crippen LogP contribution in [0.2, 0.25) is 0 Å². The molecule has 1 saturated heterocycles. The lowest BCUT2D eigenvalue weighted by atomic mass is 9.77. The monoisotopic (exact) mass is 315 g/mol. The molecular weight excluding hydrogens is 294 g/mol. The molecule has 7 heteroatoms. The molecule has 1 aromatic rings. The normalized spacial score (nSPS) is 22.2. The van der Waals surface area contributed by atoms with Gasteiger partial charge in [-0.15, -0.1) is 0 Å². The van der Waals surface area contributed by atoms with Gasteiger partial charge in [0.1, 0.15) is 5.69 Å². The van der Waals surface area contributed by atoms with Gasteiger partial charge >= 0.3 is 13.3 Å². The van der Waals surface area contributed by atoms with Crippen molar-refractivity contribution in [2.75, 3.05) is 0 Å². The van der Waals surface area contributed by atoms with Crippen LogP contribution >= 0.6 is 0 Å². The summed E-state index contributed by atoms with van der Waals surface area (Å²) >= 11 is 0. The van der Waals surface area contributed by atoms with E-state index in [4.69, 9.17) is 9.31 Å². The minimum atomic E-state index is -4.50. The lowest BCUT2D eigenvalue weighted by Crippen LogP contribution is -2.37. The number of hydrogen-bond acceptors (Lipinski definition) is 3. The molecule has 22 heavy (non-hydrogen) atoms. The van der Waals surface area contributed by atoms with Crippen LogP contribution in [0.4, 0.5) is 13.2 Å². The molecule has 0 saturated carbocycles. The van der Waals surface area contributed by atoms with Crippen molar-refractivity contribution in [2.24, 2.45) is 0 Å². The molecule has 1 aliphatic heterocycles. The zero-order valence-electron chi connectivity index (χ0n) is 13.7. The predicted molar refractivity (Wildman–Crippen MR) is 79.0 cm³/mol. The van der Waals surface area contributed by atoms with Gasteiger partial charge in [-0.05, 0) is 38.4 Å². The second-order valence-electron chi connectivity index (χ2n) is 7.25. The second-order valence-corrected chi connectivity index (χ2v) is 7.25. The maximum atomic E-state index is 13.1. The Hall–Kier alpha value is -1.08. The summed E-state index contributed by atoms with van der Waals surface area (Å²) in [6.07, 6.45) is -4.71. The first-order valence-electron chi connectivity index (χ1n) is 7.23. The molecule has 0 radical (unpaired) electrons. The molecule has 1 atom stereocenters. The number of rotatable bonds is 1. The quantitative estimate of drug-likeness (QED) is 0.745. The first-order chi connectivity index (χ1) is 9.80. The summed E-state index contributed by atoms with van der Waals surface area (Å²) < 4.78 is 50.8. The summed E-state index contributed by atoms with van der Waals surface area (Å²) in [5.41, 5.74) is -1.25. The molecule has 1 aromatic heterocycles. The van der Waals surface area contributed by atoms with E-state index in [2.05, 4.69) is 4.98 Å². The van der Waals surface area contributed by atoms with Gasteiger partial charge in [-0.2, -0.15) is 13.2 Å². The fourth-order valence-electron chi connectivity index (χ4n) is 2.11. The van der Waals surface area contributed by atoms with E-state index in [9.17, 15) is 13.2 Å². The van der Waals surface area contributed by atoms with Crippen LogP contribution in [0.15, 0.2) is 12.1 Å². The fraction of sp³-hybridized carbons (Fsp3) is 0.667. The highest BCUT2D eigenvalue weighted by molar-refractivity contribution is 6.62. The number of halogens is 3. The van der Waals surface area contributed by atoms with Gasteiger partial charge in [0.05, 0.1) is 11.7 Å². The third-order valence-electron chi connectivity index (χ3n) is 3.90. The average Bonchev–Trinajstić information content (AvgIpc) is 2.61. The first-order valence-corrected chi connectivity index (χ1v) is 7.23. The number of hydrogen-bond donors (Lipinski definition) is 0. The van der Waals surface area contributed by atoms with Crippen molar-refractivity contribution in [3.8, 4) is 0 Å². The van der Waals surface area contributed by atoms with Gasteiger partial charge < -0.3 is 9.31 Å². The summed E-state index contributed by atoms with van der Waals surface area (Å²) in [4.78, 5) is 3.77. The molecule has 0 N–H and O–H groups in total. The van der Waals surface area contributed by atoms with Gasteiger partial charge in [-0.1, -0.05) is 20.8 Å². The summed E-state index contributed by atoms with van der Waals surface area (Å²) in [5, 5.41) is 0. The minimum absolute atomic E-state index is 0.210. The van der Waals surface area contributed by atoms with Crippen LogP contribution in [0.1, 0.15) is 52.9 Å². The van der Waals surface area contributed by atoms with Gasteiger partial charge in [0, 0.05) is 11.1 Å². The van der Waals surface area contributed by atoms with E-state index < -0.39 is 30.0 Å². The Balaban J connectivity index is 2.48. The van der Waals surface area contributed by atoms with Crippen LogP contribution in [0.25, 0.3) is 0 Å².